The van der Waals surface area contributed by atoms with Crippen LogP contribution in [0.2, 0.25) is 0 Å². The van der Waals surface area contributed by atoms with E-state index < -0.39 is 0 Å². The molecule has 1 aliphatic carbocycles. The second-order valence-electron chi connectivity index (χ2n) is 5.01. The number of nitrogens with two attached hydrogens (primary N) is 1. The summed E-state index contributed by atoms with van der Waals surface area (Å²) < 4.78 is 5.14. The van der Waals surface area contributed by atoms with E-state index in [1.807, 2.05) is 18.2 Å². The monoisotopic (exact) mass is 234 g/mol. The molecule has 0 saturated heterocycles. The van der Waals surface area contributed by atoms with Gasteiger partial charge in [-0.15, -0.1) is 0 Å². The normalized spacial score (nSPS) is 17.3. The average molecular weight is 234 g/mol. The van der Waals surface area contributed by atoms with Crippen molar-refractivity contribution < 1.29 is 4.74 Å². The standard InChI is InChI=1S/C14H22N2O/c1-3-14(7-4-8-14)10-16-13-6-5-11(17-2)9-12(13)15/h5-6,9,16H,3-4,7-8,10,15H2,1-2H3. The highest BCUT2D eigenvalue weighted by Crippen LogP contribution is 2.44. The zero-order chi connectivity index (χ0) is 12.3. The number of ether oxygens (including phenoxy) is 1. The van der Waals surface area contributed by atoms with Gasteiger partial charge in [0.1, 0.15) is 5.75 Å². The molecule has 1 fully saturated rings. The summed E-state index contributed by atoms with van der Waals surface area (Å²) >= 11 is 0. The number of hydrogen-bond donors (Lipinski definition) is 2. The molecule has 1 aliphatic rings. The Morgan fingerprint density at radius 3 is 2.65 bits per heavy atom. The van der Waals surface area contributed by atoms with Crippen molar-refractivity contribution in [3.8, 4) is 5.75 Å². The Bertz CT molecular complexity index is 380. The van der Waals surface area contributed by atoms with Gasteiger partial charge in [-0.05, 0) is 36.8 Å². The van der Waals surface area contributed by atoms with Gasteiger partial charge < -0.3 is 15.8 Å². The van der Waals surface area contributed by atoms with Crippen LogP contribution in [0.3, 0.4) is 0 Å². The van der Waals surface area contributed by atoms with Gasteiger partial charge in [-0.2, -0.15) is 0 Å². The van der Waals surface area contributed by atoms with Crippen LogP contribution in [0.5, 0.6) is 5.75 Å². The van der Waals surface area contributed by atoms with E-state index in [9.17, 15) is 0 Å². The zero-order valence-corrected chi connectivity index (χ0v) is 10.8. The number of anilines is 2. The van der Waals surface area contributed by atoms with Crippen molar-refractivity contribution in [3.05, 3.63) is 18.2 Å². The largest absolute Gasteiger partial charge is 0.497 e. The molecule has 94 valence electrons. The molecule has 0 unspecified atom stereocenters. The average Bonchev–Trinajstić information content (AvgIpc) is 2.30. The van der Waals surface area contributed by atoms with E-state index in [1.54, 1.807) is 7.11 Å². The number of methoxy groups -OCH3 is 1. The van der Waals surface area contributed by atoms with E-state index in [2.05, 4.69) is 12.2 Å². The molecular weight excluding hydrogens is 212 g/mol. The van der Waals surface area contributed by atoms with Crippen molar-refractivity contribution in [2.45, 2.75) is 32.6 Å². The van der Waals surface area contributed by atoms with E-state index >= 15 is 0 Å². The first-order chi connectivity index (χ1) is 8.19. The van der Waals surface area contributed by atoms with Gasteiger partial charge >= 0.3 is 0 Å². The lowest BCUT2D eigenvalue weighted by Gasteiger charge is -2.41. The Hall–Kier alpha value is -1.38. The molecule has 0 atom stereocenters. The van der Waals surface area contributed by atoms with Crippen molar-refractivity contribution >= 4 is 11.4 Å². The van der Waals surface area contributed by atoms with Crippen molar-refractivity contribution in [2.75, 3.05) is 24.7 Å². The Labute approximate surface area is 103 Å². The summed E-state index contributed by atoms with van der Waals surface area (Å²) in [5.74, 6) is 0.807. The van der Waals surface area contributed by atoms with E-state index in [4.69, 9.17) is 10.5 Å². The van der Waals surface area contributed by atoms with Gasteiger partial charge in [0, 0.05) is 12.6 Å². The Morgan fingerprint density at radius 2 is 2.18 bits per heavy atom. The first-order valence-corrected chi connectivity index (χ1v) is 6.36. The van der Waals surface area contributed by atoms with Crippen LogP contribution in [0, 0.1) is 5.41 Å². The third-order valence-electron chi connectivity index (χ3n) is 4.08. The SMILES string of the molecule is CCC1(CNc2ccc(OC)cc2N)CCC1. The summed E-state index contributed by atoms with van der Waals surface area (Å²) in [6, 6.07) is 5.80. The summed E-state index contributed by atoms with van der Waals surface area (Å²) in [4.78, 5) is 0. The maximum atomic E-state index is 5.98. The minimum absolute atomic E-state index is 0.506. The molecule has 3 heteroatoms. The lowest BCUT2D eigenvalue weighted by atomic mass is 9.67. The van der Waals surface area contributed by atoms with Crippen LogP contribution < -0.4 is 15.8 Å². The Kier molecular flexibility index (Phi) is 3.46. The first-order valence-electron chi connectivity index (χ1n) is 6.36. The van der Waals surface area contributed by atoms with Gasteiger partial charge in [0.15, 0.2) is 0 Å². The molecule has 0 bridgehead atoms. The van der Waals surface area contributed by atoms with E-state index in [0.717, 1.165) is 23.7 Å². The highest BCUT2D eigenvalue weighted by Gasteiger charge is 2.34. The summed E-state index contributed by atoms with van der Waals surface area (Å²) in [7, 11) is 1.66. The Morgan fingerprint density at radius 1 is 1.41 bits per heavy atom. The topological polar surface area (TPSA) is 47.3 Å². The maximum absolute atomic E-state index is 5.98. The molecule has 1 aromatic rings. The summed E-state index contributed by atoms with van der Waals surface area (Å²) in [6.07, 6.45) is 5.29. The summed E-state index contributed by atoms with van der Waals surface area (Å²) in [5, 5.41) is 3.48. The summed E-state index contributed by atoms with van der Waals surface area (Å²) in [6.45, 7) is 3.30. The number of rotatable bonds is 5. The first kappa shape index (κ1) is 12.1. The highest BCUT2D eigenvalue weighted by molar-refractivity contribution is 5.68. The second kappa shape index (κ2) is 4.86. The minimum atomic E-state index is 0.506. The van der Waals surface area contributed by atoms with E-state index in [1.165, 1.54) is 25.7 Å². The molecule has 17 heavy (non-hydrogen) atoms. The third-order valence-corrected chi connectivity index (χ3v) is 4.08. The van der Waals surface area contributed by atoms with Gasteiger partial charge in [0.25, 0.3) is 0 Å². The molecule has 2 rings (SSSR count). The maximum Gasteiger partial charge on any atom is 0.121 e. The molecular formula is C14H22N2O. The zero-order valence-electron chi connectivity index (χ0n) is 10.8. The predicted octanol–water partition coefficient (Wildman–Crippen LogP) is 3.27. The molecule has 1 saturated carbocycles. The molecule has 0 spiro atoms. The quantitative estimate of drug-likeness (QED) is 0.769. The number of hydrogen-bond acceptors (Lipinski definition) is 3. The van der Waals surface area contributed by atoms with Crippen molar-refractivity contribution in [2.24, 2.45) is 5.41 Å². The van der Waals surface area contributed by atoms with Gasteiger partial charge in [0.2, 0.25) is 0 Å². The second-order valence-corrected chi connectivity index (χ2v) is 5.01. The number of nitrogen functional groups attached to an aromatic ring is 1. The predicted molar refractivity (Wildman–Crippen MR) is 72.5 cm³/mol. The van der Waals surface area contributed by atoms with Crippen LogP contribution in [0.15, 0.2) is 18.2 Å². The molecule has 0 radical (unpaired) electrons. The van der Waals surface area contributed by atoms with Crippen LogP contribution in [0.1, 0.15) is 32.6 Å². The third kappa shape index (κ3) is 2.48. The van der Waals surface area contributed by atoms with E-state index in [-0.39, 0.29) is 0 Å². The molecule has 0 aromatic heterocycles. The van der Waals surface area contributed by atoms with Crippen molar-refractivity contribution in [1.82, 2.24) is 0 Å². The molecule has 0 aliphatic heterocycles. The minimum Gasteiger partial charge on any atom is -0.497 e. The Balaban J connectivity index is 1.99. The van der Waals surface area contributed by atoms with Crippen LogP contribution >= 0.6 is 0 Å². The van der Waals surface area contributed by atoms with E-state index in [0.29, 0.717) is 5.41 Å². The number of benzene rings is 1. The molecule has 3 nitrogen and oxygen atoms in total. The van der Waals surface area contributed by atoms with Crippen molar-refractivity contribution in [1.29, 1.82) is 0 Å². The summed E-state index contributed by atoms with van der Waals surface area (Å²) in [5.41, 5.74) is 8.27. The number of nitrogens with one attached hydrogen (secondary N) is 1. The molecule has 3 N–H and O–H groups in total. The van der Waals surface area contributed by atoms with Gasteiger partial charge in [0.05, 0.1) is 18.5 Å². The smallest absolute Gasteiger partial charge is 0.121 e. The lowest BCUT2D eigenvalue weighted by Crippen LogP contribution is -2.35. The molecule has 0 amide bonds. The van der Waals surface area contributed by atoms with Crippen molar-refractivity contribution in [3.63, 3.8) is 0 Å². The fourth-order valence-electron chi connectivity index (χ4n) is 2.44. The molecule has 1 aromatic carbocycles. The highest BCUT2D eigenvalue weighted by atomic mass is 16.5. The van der Waals surface area contributed by atoms with Crippen LogP contribution in [0.25, 0.3) is 0 Å². The van der Waals surface area contributed by atoms with Gasteiger partial charge in [-0.3, -0.25) is 0 Å². The fourth-order valence-corrected chi connectivity index (χ4v) is 2.44. The lowest BCUT2D eigenvalue weighted by molar-refractivity contribution is 0.145. The van der Waals surface area contributed by atoms with Crippen LogP contribution in [0.4, 0.5) is 11.4 Å². The van der Waals surface area contributed by atoms with Crippen LogP contribution in [-0.4, -0.2) is 13.7 Å². The van der Waals surface area contributed by atoms with Crippen LogP contribution in [-0.2, 0) is 0 Å². The van der Waals surface area contributed by atoms with Gasteiger partial charge in [-0.25, -0.2) is 0 Å². The fraction of sp³-hybridized carbons (Fsp3) is 0.571. The molecule has 0 heterocycles. The van der Waals surface area contributed by atoms with Gasteiger partial charge in [-0.1, -0.05) is 13.3 Å².